The Morgan fingerprint density at radius 3 is 2.45 bits per heavy atom. The molecule has 0 atom stereocenters. The highest BCUT2D eigenvalue weighted by Crippen LogP contribution is 2.25. The average molecular weight is 417 g/mol. The van der Waals surface area contributed by atoms with Gasteiger partial charge in [0.05, 0.1) is 13.7 Å². The van der Waals surface area contributed by atoms with Gasteiger partial charge in [-0.25, -0.2) is 4.79 Å². The van der Waals surface area contributed by atoms with Crippen molar-refractivity contribution in [2.45, 2.75) is 19.7 Å². The number of nitrogens with two attached hydrogens (primary N) is 1. The predicted molar refractivity (Wildman–Crippen MR) is 119 cm³/mol. The Bertz CT molecular complexity index is 1260. The van der Waals surface area contributed by atoms with Crippen molar-refractivity contribution in [1.82, 2.24) is 19.1 Å². The van der Waals surface area contributed by atoms with E-state index >= 15 is 0 Å². The monoisotopic (exact) mass is 417 g/mol. The summed E-state index contributed by atoms with van der Waals surface area (Å²) in [6, 6.07) is 17.2. The molecule has 31 heavy (non-hydrogen) atoms. The number of rotatable bonds is 8. The first-order valence-corrected chi connectivity index (χ1v) is 9.77. The molecule has 8 heteroatoms. The van der Waals surface area contributed by atoms with Crippen LogP contribution in [0.15, 0.2) is 72.0 Å². The van der Waals surface area contributed by atoms with Gasteiger partial charge in [-0.1, -0.05) is 48.5 Å². The van der Waals surface area contributed by atoms with Gasteiger partial charge in [0.2, 0.25) is 11.8 Å². The van der Waals surface area contributed by atoms with Crippen molar-refractivity contribution in [2.75, 3.05) is 12.8 Å². The van der Waals surface area contributed by atoms with E-state index in [1.54, 1.807) is 22.3 Å². The van der Waals surface area contributed by atoms with Crippen LogP contribution in [-0.2, 0) is 19.7 Å². The maximum atomic E-state index is 13.2. The van der Waals surface area contributed by atoms with Crippen molar-refractivity contribution in [3.63, 3.8) is 0 Å². The van der Waals surface area contributed by atoms with E-state index in [9.17, 15) is 4.79 Å². The number of nitrogens with zero attached hydrogens (tertiary/aromatic N) is 4. The Kier molecular flexibility index (Phi) is 5.70. The first kappa shape index (κ1) is 20.2. The molecule has 0 bridgehead atoms. The van der Waals surface area contributed by atoms with E-state index in [1.807, 2.05) is 54.6 Å². The van der Waals surface area contributed by atoms with Crippen LogP contribution < -0.4 is 20.9 Å². The fraction of sp³-hybridized carbons (Fsp3) is 0.174. The summed E-state index contributed by atoms with van der Waals surface area (Å²) in [6.45, 7) is 4.67. The van der Waals surface area contributed by atoms with Gasteiger partial charge < -0.3 is 15.2 Å². The van der Waals surface area contributed by atoms with Gasteiger partial charge in [-0.15, -0.1) is 6.58 Å². The van der Waals surface area contributed by atoms with Crippen LogP contribution in [0.3, 0.4) is 0 Å². The van der Waals surface area contributed by atoms with Gasteiger partial charge in [0, 0.05) is 6.54 Å². The highest BCUT2D eigenvalue weighted by molar-refractivity contribution is 5.78. The van der Waals surface area contributed by atoms with Crippen molar-refractivity contribution < 1.29 is 9.47 Å². The molecule has 0 fully saturated rings. The summed E-state index contributed by atoms with van der Waals surface area (Å²) in [5.74, 6) is 1.04. The SMILES string of the molecule is C=CCn1c(=O)n(Cc2ccc(OC)cc2)c2nc(N)nc(OCc3ccccc3)c21. The fourth-order valence-corrected chi connectivity index (χ4v) is 3.38. The summed E-state index contributed by atoms with van der Waals surface area (Å²) in [7, 11) is 1.61. The zero-order valence-corrected chi connectivity index (χ0v) is 17.2. The zero-order valence-electron chi connectivity index (χ0n) is 17.2. The lowest BCUT2D eigenvalue weighted by molar-refractivity contribution is 0.296. The van der Waals surface area contributed by atoms with Gasteiger partial charge in [0.15, 0.2) is 11.2 Å². The molecule has 0 saturated carbocycles. The van der Waals surface area contributed by atoms with Crippen LogP contribution in [0.4, 0.5) is 5.95 Å². The van der Waals surface area contributed by atoms with Gasteiger partial charge in [0.25, 0.3) is 0 Å². The molecule has 158 valence electrons. The number of allylic oxidation sites excluding steroid dienone is 1. The van der Waals surface area contributed by atoms with Crippen LogP contribution in [0.1, 0.15) is 11.1 Å². The van der Waals surface area contributed by atoms with E-state index in [0.717, 1.165) is 16.9 Å². The number of imidazole rings is 1. The first-order valence-electron chi connectivity index (χ1n) is 9.77. The van der Waals surface area contributed by atoms with Crippen LogP contribution in [0, 0.1) is 0 Å². The number of hydrogen-bond donors (Lipinski definition) is 1. The largest absolute Gasteiger partial charge is 0.497 e. The quantitative estimate of drug-likeness (QED) is 0.443. The number of fused-ring (bicyclic) bond motifs is 1. The number of methoxy groups -OCH3 is 1. The molecule has 8 nitrogen and oxygen atoms in total. The smallest absolute Gasteiger partial charge is 0.331 e. The van der Waals surface area contributed by atoms with Crippen molar-refractivity contribution in [1.29, 1.82) is 0 Å². The van der Waals surface area contributed by atoms with Crippen molar-refractivity contribution in [3.8, 4) is 11.6 Å². The summed E-state index contributed by atoms with van der Waals surface area (Å²) < 4.78 is 14.3. The van der Waals surface area contributed by atoms with Crippen molar-refractivity contribution in [3.05, 3.63) is 88.9 Å². The second kappa shape index (κ2) is 8.74. The van der Waals surface area contributed by atoms with Crippen LogP contribution in [-0.4, -0.2) is 26.2 Å². The van der Waals surface area contributed by atoms with E-state index in [4.69, 9.17) is 15.2 Å². The summed E-state index contributed by atoms with van der Waals surface area (Å²) in [5, 5.41) is 0. The number of nitrogen functional groups attached to an aromatic ring is 1. The number of hydrogen-bond acceptors (Lipinski definition) is 6. The van der Waals surface area contributed by atoms with Crippen LogP contribution in [0.25, 0.3) is 11.2 Å². The first-order chi connectivity index (χ1) is 15.1. The molecule has 4 rings (SSSR count). The minimum atomic E-state index is -0.241. The van der Waals surface area contributed by atoms with Gasteiger partial charge in [-0.2, -0.15) is 9.97 Å². The molecule has 0 radical (unpaired) electrons. The molecule has 0 spiro atoms. The lowest BCUT2D eigenvalue weighted by Gasteiger charge is -2.09. The minimum Gasteiger partial charge on any atom is -0.497 e. The molecule has 0 amide bonds. The standard InChI is InChI=1S/C23H23N5O3/c1-3-13-27-19-20(28(23(27)29)14-16-9-11-18(30-2)12-10-16)25-22(24)26-21(19)31-15-17-7-5-4-6-8-17/h3-12H,1,13-15H2,2H3,(H2,24,25,26). The Morgan fingerprint density at radius 2 is 1.77 bits per heavy atom. The number of ether oxygens (including phenoxy) is 2. The Morgan fingerprint density at radius 1 is 1.03 bits per heavy atom. The normalized spacial score (nSPS) is 10.9. The lowest BCUT2D eigenvalue weighted by atomic mass is 10.2. The van der Waals surface area contributed by atoms with E-state index in [0.29, 0.717) is 30.9 Å². The fourth-order valence-electron chi connectivity index (χ4n) is 3.38. The highest BCUT2D eigenvalue weighted by Gasteiger charge is 2.21. The topological polar surface area (TPSA) is 97.2 Å². The number of anilines is 1. The molecule has 0 saturated heterocycles. The molecule has 2 aromatic heterocycles. The molecule has 4 aromatic rings. The predicted octanol–water partition coefficient (Wildman–Crippen LogP) is 3.00. The second-order valence-corrected chi connectivity index (χ2v) is 6.95. The van der Waals surface area contributed by atoms with E-state index in [2.05, 4.69) is 16.5 Å². The highest BCUT2D eigenvalue weighted by atomic mass is 16.5. The molecule has 0 aliphatic heterocycles. The summed E-state index contributed by atoms with van der Waals surface area (Å²) in [5.41, 5.74) is 8.52. The minimum absolute atomic E-state index is 0.0368. The number of aromatic nitrogens is 4. The maximum Gasteiger partial charge on any atom is 0.331 e. The van der Waals surface area contributed by atoms with Crippen molar-refractivity contribution >= 4 is 17.1 Å². The summed E-state index contributed by atoms with van der Waals surface area (Å²) in [6.07, 6.45) is 1.65. The Hall–Kier alpha value is -4.07. The van der Waals surface area contributed by atoms with Gasteiger partial charge in [-0.3, -0.25) is 9.13 Å². The third kappa shape index (κ3) is 4.13. The second-order valence-electron chi connectivity index (χ2n) is 6.95. The third-order valence-electron chi connectivity index (χ3n) is 4.87. The lowest BCUT2D eigenvalue weighted by Crippen LogP contribution is -2.24. The van der Waals surface area contributed by atoms with Crippen LogP contribution in [0.5, 0.6) is 11.6 Å². The molecule has 0 aliphatic rings. The van der Waals surface area contributed by atoms with Crippen LogP contribution >= 0.6 is 0 Å². The summed E-state index contributed by atoms with van der Waals surface area (Å²) >= 11 is 0. The molecule has 2 heterocycles. The Balaban J connectivity index is 1.79. The van der Waals surface area contributed by atoms with Gasteiger partial charge in [0.1, 0.15) is 12.4 Å². The Labute approximate surface area is 179 Å². The van der Waals surface area contributed by atoms with E-state index in [-0.39, 0.29) is 17.5 Å². The average Bonchev–Trinajstić information content (AvgIpc) is 3.04. The van der Waals surface area contributed by atoms with Gasteiger partial charge >= 0.3 is 5.69 Å². The molecular formula is C23H23N5O3. The number of benzene rings is 2. The van der Waals surface area contributed by atoms with E-state index in [1.165, 1.54) is 0 Å². The van der Waals surface area contributed by atoms with E-state index < -0.39 is 0 Å². The third-order valence-corrected chi connectivity index (χ3v) is 4.87. The maximum absolute atomic E-state index is 13.2. The zero-order chi connectivity index (χ0) is 21.8. The molecular weight excluding hydrogens is 394 g/mol. The van der Waals surface area contributed by atoms with Crippen LogP contribution in [0.2, 0.25) is 0 Å². The molecule has 2 N–H and O–H groups in total. The van der Waals surface area contributed by atoms with Gasteiger partial charge in [-0.05, 0) is 23.3 Å². The van der Waals surface area contributed by atoms with Crippen molar-refractivity contribution in [2.24, 2.45) is 0 Å². The molecule has 2 aromatic carbocycles. The molecule has 0 unspecified atom stereocenters. The summed E-state index contributed by atoms with van der Waals surface area (Å²) in [4.78, 5) is 21.9. The molecule has 0 aliphatic carbocycles.